The van der Waals surface area contributed by atoms with Crippen LogP contribution in [0, 0.1) is 0 Å². The second kappa shape index (κ2) is 4.07. The van der Waals surface area contributed by atoms with Gasteiger partial charge in [-0.25, -0.2) is 4.98 Å². The van der Waals surface area contributed by atoms with E-state index in [4.69, 9.17) is 34.8 Å². The molecule has 0 spiro atoms. The largest absolute Gasteiger partial charge is 0.244 e. The minimum absolute atomic E-state index is 0.448. The van der Waals surface area contributed by atoms with Gasteiger partial charge in [-0.2, -0.15) is 0 Å². The fraction of sp³-hybridized carbons (Fsp3) is 0. The van der Waals surface area contributed by atoms with Crippen LogP contribution in [0.4, 0.5) is 0 Å². The molecule has 1 nitrogen and oxygen atoms in total. The van der Waals surface area contributed by atoms with Crippen LogP contribution in [0.3, 0.4) is 0 Å². The van der Waals surface area contributed by atoms with Crippen LogP contribution in [0.15, 0.2) is 23.7 Å². The van der Waals surface area contributed by atoms with Crippen LogP contribution in [-0.2, 0) is 0 Å². The molecule has 0 N–H and O–H groups in total. The summed E-state index contributed by atoms with van der Waals surface area (Å²) in [5, 5.41) is 4.19. The molecule has 0 unspecified atom stereocenters. The number of hydrogen-bond acceptors (Lipinski definition) is 2. The van der Waals surface area contributed by atoms with Gasteiger partial charge in [0.1, 0.15) is 5.01 Å². The molecule has 5 heteroatoms. The molecule has 0 fully saturated rings. The van der Waals surface area contributed by atoms with Crippen molar-refractivity contribution >= 4 is 46.1 Å². The summed E-state index contributed by atoms with van der Waals surface area (Å²) < 4.78 is 0. The Kier molecular flexibility index (Phi) is 2.98. The lowest BCUT2D eigenvalue weighted by atomic mass is 10.2. The summed E-state index contributed by atoms with van der Waals surface area (Å²) in [7, 11) is 0. The van der Waals surface area contributed by atoms with E-state index in [2.05, 4.69) is 4.98 Å². The van der Waals surface area contributed by atoms with Crippen molar-refractivity contribution in [2.45, 2.75) is 0 Å². The lowest BCUT2D eigenvalue weighted by molar-refractivity contribution is 1.41. The second-order valence-electron chi connectivity index (χ2n) is 2.59. The Hall–Kier alpha value is -0.280. The molecular formula is C9H4Cl3NS. The first-order valence-electron chi connectivity index (χ1n) is 3.73. The van der Waals surface area contributed by atoms with Crippen LogP contribution in [-0.4, -0.2) is 4.98 Å². The van der Waals surface area contributed by atoms with Gasteiger partial charge in [0.25, 0.3) is 0 Å². The molecule has 14 heavy (non-hydrogen) atoms. The molecule has 1 aromatic heterocycles. The number of benzene rings is 1. The van der Waals surface area contributed by atoms with Crippen molar-refractivity contribution in [3.05, 3.63) is 38.8 Å². The maximum absolute atomic E-state index is 6.03. The van der Waals surface area contributed by atoms with Gasteiger partial charge in [-0.15, -0.1) is 11.3 Å². The summed E-state index contributed by atoms with van der Waals surface area (Å²) in [6, 6.07) is 3.37. The summed E-state index contributed by atoms with van der Waals surface area (Å²) in [6.45, 7) is 0. The molecule has 0 amide bonds. The molecule has 2 rings (SSSR count). The standard InChI is InChI=1S/C9H4Cl3NS/c10-5-3-6(8(12)7(11)4-5)9-13-1-2-14-9/h1-4H. The first-order chi connectivity index (χ1) is 6.68. The van der Waals surface area contributed by atoms with Crippen molar-refractivity contribution in [1.82, 2.24) is 4.98 Å². The highest BCUT2D eigenvalue weighted by atomic mass is 35.5. The number of rotatable bonds is 1. The Morgan fingerprint density at radius 2 is 1.93 bits per heavy atom. The van der Waals surface area contributed by atoms with Crippen LogP contribution >= 0.6 is 46.1 Å². The first-order valence-corrected chi connectivity index (χ1v) is 5.74. The quantitative estimate of drug-likeness (QED) is 0.676. The zero-order valence-electron chi connectivity index (χ0n) is 6.80. The number of aromatic nitrogens is 1. The van der Waals surface area contributed by atoms with Crippen molar-refractivity contribution < 1.29 is 0 Å². The fourth-order valence-corrected chi connectivity index (χ4v) is 2.48. The van der Waals surface area contributed by atoms with E-state index in [1.54, 1.807) is 18.3 Å². The maximum atomic E-state index is 6.03. The predicted molar refractivity (Wildman–Crippen MR) is 62.6 cm³/mol. The Bertz CT molecular complexity index is 453. The molecular weight excluding hydrogens is 261 g/mol. The molecule has 0 aliphatic carbocycles. The van der Waals surface area contributed by atoms with Crippen LogP contribution in [0.2, 0.25) is 15.1 Å². The van der Waals surface area contributed by atoms with Gasteiger partial charge in [0.2, 0.25) is 0 Å². The third-order valence-corrected chi connectivity index (χ3v) is 3.48. The zero-order chi connectivity index (χ0) is 10.1. The van der Waals surface area contributed by atoms with Gasteiger partial charge < -0.3 is 0 Å². The van der Waals surface area contributed by atoms with Crippen molar-refractivity contribution in [2.24, 2.45) is 0 Å². The van der Waals surface area contributed by atoms with Gasteiger partial charge in [-0.1, -0.05) is 34.8 Å². The van der Waals surface area contributed by atoms with Gasteiger partial charge in [0.05, 0.1) is 10.0 Å². The molecule has 1 aromatic carbocycles. The number of hydrogen-bond donors (Lipinski definition) is 0. The minimum atomic E-state index is 0.448. The molecule has 1 heterocycles. The highest BCUT2D eigenvalue weighted by molar-refractivity contribution is 7.13. The van der Waals surface area contributed by atoms with Crippen LogP contribution in [0.1, 0.15) is 0 Å². The topological polar surface area (TPSA) is 12.9 Å². The van der Waals surface area contributed by atoms with Crippen molar-refractivity contribution in [3.63, 3.8) is 0 Å². The van der Waals surface area contributed by atoms with E-state index in [0.717, 1.165) is 10.6 Å². The lowest BCUT2D eigenvalue weighted by Gasteiger charge is -2.03. The van der Waals surface area contributed by atoms with E-state index in [1.165, 1.54) is 11.3 Å². The van der Waals surface area contributed by atoms with Gasteiger partial charge >= 0.3 is 0 Å². The maximum Gasteiger partial charge on any atom is 0.124 e. The molecule has 0 atom stereocenters. The summed E-state index contributed by atoms with van der Waals surface area (Å²) >= 11 is 19.3. The Morgan fingerprint density at radius 3 is 2.57 bits per heavy atom. The summed E-state index contributed by atoms with van der Waals surface area (Å²) in [5.41, 5.74) is 0.777. The normalized spacial score (nSPS) is 10.5. The fourth-order valence-electron chi connectivity index (χ4n) is 1.07. The van der Waals surface area contributed by atoms with Crippen LogP contribution in [0.5, 0.6) is 0 Å². The Morgan fingerprint density at radius 1 is 1.14 bits per heavy atom. The molecule has 0 aliphatic heterocycles. The molecule has 0 saturated heterocycles. The summed E-state index contributed by atoms with van der Waals surface area (Å²) in [6.07, 6.45) is 1.71. The summed E-state index contributed by atoms with van der Waals surface area (Å²) in [5.74, 6) is 0. The Labute approximate surface area is 100 Å². The van der Waals surface area contributed by atoms with Crippen LogP contribution < -0.4 is 0 Å². The molecule has 0 saturated carbocycles. The summed E-state index contributed by atoms with van der Waals surface area (Å²) in [4.78, 5) is 4.15. The third kappa shape index (κ3) is 1.89. The highest BCUT2D eigenvalue weighted by Crippen LogP contribution is 2.36. The minimum Gasteiger partial charge on any atom is -0.244 e. The van der Waals surface area contributed by atoms with E-state index in [9.17, 15) is 0 Å². The molecule has 0 bridgehead atoms. The van der Waals surface area contributed by atoms with Crippen molar-refractivity contribution in [1.29, 1.82) is 0 Å². The second-order valence-corrected chi connectivity index (χ2v) is 4.70. The number of thiazole rings is 1. The molecule has 0 radical (unpaired) electrons. The number of halogens is 3. The molecule has 0 aliphatic rings. The predicted octanol–water partition coefficient (Wildman–Crippen LogP) is 4.77. The zero-order valence-corrected chi connectivity index (χ0v) is 9.88. The highest BCUT2D eigenvalue weighted by Gasteiger charge is 2.10. The van der Waals surface area contributed by atoms with Gasteiger partial charge in [-0.05, 0) is 12.1 Å². The SMILES string of the molecule is Clc1cc(Cl)c(Cl)c(-c2nccs2)c1. The third-order valence-electron chi connectivity index (χ3n) is 1.66. The number of nitrogens with zero attached hydrogens (tertiary/aromatic N) is 1. The molecule has 2 aromatic rings. The van der Waals surface area contributed by atoms with E-state index >= 15 is 0 Å². The van der Waals surface area contributed by atoms with Crippen molar-refractivity contribution in [2.75, 3.05) is 0 Å². The van der Waals surface area contributed by atoms with Gasteiger partial charge in [-0.3, -0.25) is 0 Å². The van der Waals surface area contributed by atoms with Gasteiger partial charge in [0, 0.05) is 22.2 Å². The van der Waals surface area contributed by atoms with Crippen molar-refractivity contribution in [3.8, 4) is 10.6 Å². The lowest BCUT2D eigenvalue weighted by Crippen LogP contribution is -1.79. The van der Waals surface area contributed by atoms with E-state index < -0.39 is 0 Å². The Balaban J connectivity index is 2.64. The average molecular weight is 265 g/mol. The smallest absolute Gasteiger partial charge is 0.124 e. The molecule has 72 valence electrons. The van der Waals surface area contributed by atoms with E-state index in [0.29, 0.717) is 15.1 Å². The van der Waals surface area contributed by atoms with E-state index in [-0.39, 0.29) is 0 Å². The van der Waals surface area contributed by atoms with E-state index in [1.807, 2.05) is 5.38 Å². The van der Waals surface area contributed by atoms with Crippen LogP contribution in [0.25, 0.3) is 10.6 Å². The van der Waals surface area contributed by atoms with Gasteiger partial charge in [0.15, 0.2) is 0 Å². The monoisotopic (exact) mass is 263 g/mol. The average Bonchev–Trinajstić information content (AvgIpc) is 2.63. The first kappa shape index (κ1) is 10.2.